The van der Waals surface area contributed by atoms with Crippen molar-refractivity contribution >= 4 is 23.7 Å². The Morgan fingerprint density at radius 1 is 1.13 bits per heavy atom. The first-order chi connectivity index (χ1) is 11.0. The lowest BCUT2D eigenvalue weighted by atomic mass is 10.1. The third-order valence-electron chi connectivity index (χ3n) is 3.16. The molecule has 0 saturated heterocycles. The lowest BCUT2D eigenvalue weighted by Gasteiger charge is -2.07. The molecule has 1 N–H and O–H groups in total. The standard InChI is InChI=1S/C17H17ClN2O3/c1-11-4-6-13(16(8-11)23-3)17(21)20-19-10-12-5-7-15(22-2)14(18)9-12/h4-10H,1-3H3,(H,20,21)/b19-10-. The number of carbonyl (C=O) groups is 1. The fourth-order valence-corrected chi connectivity index (χ4v) is 2.24. The van der Waals surface area contributed by atoms with Crippen LogP contribution in [0.5, 0.6) is 11.5 Å². The average Bonchev–Trinajstić information content (AvgIpc) is 2.54. The maximum atomic E-state index is 12.1. The van der Waals surface area contributed by atoms with Gasteiger partial charge >= 0.3 is 0 Å². The van der Waals surface area contributed by atoms with Gasteiger partial charge in [0.15, 0.2) is 0 Å². The number of hydrogen-bond donors (Lipinski definition) is 1. The van der Waals surface area contributed by atoms with Gasteiger partial charge in [0.2, 0.25) is 0 Å². The summed E-state index contributed by atoms with van der Waals surface area (Å²) in [4.78, 5) is 12.1. The lowest BCUT2D eigenvalue weighted by molar-refractivity contribution is 0.0952. The van der Waals surface area contributed by atoms with E-state index in [1.807, 2.05) is 13.0 Å². The monoisotopic (exact) mass is 332 g/mol. The number of nitrogens with zero attached hydrogens (tertiary/aromatic N) is 1. The summed E-state index contributed by atoms with van der Waals surface area (Å²) in [6.07, 6.45) is 1.50. The van der Waals surface area contributed by atoms with E-state index in [4.69, 9.17) is 21.1 Å². The summed E-state index contributed by atoms with van der Waals surface area (Å²) < 4.78 is 10.3. The second kappa shape index (κ2) is 7.65. The molecule has 0 atom stereocenters. The summed E-state index contributed by atoms with van der Waals surface area (Å²) in [7, 11) is 3.07. The second-order valence-electron chi connectivity index (χ2n) is 4.80. The van der Waals surface area contributed by atoms with Gasteiger partial charge in [0.25, 0.3) is 5.91 Å². The zero-order valence-electron chi connectivity index (χ0n) is 13.1. The third-order valence-corrected chi connectivity index (χ3v) is 3.45. The first-order valence-electron chi connectivity index (χ1n) is 6.86. The van der Waals surface area contributed by atoms with Crippen molar-refractivity contribution in [2.45, 2.75) is 6.92 Å². The Balaban J connectivity index is 2.08. The summed E-state index contributed by atoms with van der Waals surface area (Å²) in [6.45, 7) is 1.93. The molecular formula is C17H17ClN2O3. The van der Waals surface area contributed by atoms with Crippen molar-refractivity contribution in [2.24, 2.45) is 5.10 Å². The van der Waals surface area contributed by atoms with Gasteiger partial charge in [0, 0.05) is 0 Å². The van der Waals surface area contributed by atoms with Gasteiger partial charge in [-0.2, -0.15) is 5.10 Å². The topological polar surface area (TPSA) is 59.9 Å². The molecule has 5 nitrogen and oxygen atoms in total. The quantitative estimate of drug-likeness (QED) is 0.674. The number of carbonyl (C=O) groups excluding carboxylic acids is 1. The molecule has 0 bridgehead atoms. The summed E-state index contributed by atoms with van der Waals surface area (Å²) in [6, 6.07) is 10.5. The number of aryl methyl sites for hydroxylation is 1. The van der Waals surface area contributed by atoms with Crippen molar-refractivity contribution in [3.05, 3.63) is 58.1 Å². The SMILES string of the molecule is COc1ccc(/C=N\NC(=O)c2ccc(C)cc2OC)cc1Cl. The van der Waals surface area contributed by atoms with Crippen LogP contribution in [0.25, 0.3) is 0 Å². The molecular weight excluding hydrogens is 316 g/mol. The highest BCUT2D eigenvalue weighted by molar-refractivity contribution is 6.32. The van der Waals surface area contributed by atoms with Gasteiger partial charge in [-0.3, -0.25) is 4.79 Å². The molecule has 0 unspecified atom stereocenters. The van der Waals surface area contributed by atoms with Gasteiger partial charge < -0.3 is 9.47 Å². The van der Waals surface area contributed by atoms with Crippen LogP contribution in [-0.4, -0.2) is 26.3 Å². The van der Waals surface area contributed by atoms with Crippen molar-refractivity contribution in [2.75, 3.05) is 14.2 Å². The minimum Gasteiger partial charge on any atom is -0.496 e. The molecule has 2 rings (SSSR count). The second-order valence-corrected chi connectivity index (χ2v) is 5.20. The van der Waals surface area contributed by atoms with Crippen LogP contribution in [0.1, 0.15) is 21.5 Å². The Morgan fingerprint density at radius 3 is 2.52 bits per heavy atom. The normalized spacial score (nSPS) is 10.6. The van der Waals surface area contributed by atoms with Crippen molar-refractivity contribution < 1.29 is 14.3 Å². The summed E-state index contributed by atoms with van der Waals surface area (Å²) in [5.41, 5.74) is 4.64. The van der Waals surface area contributed by atoms with Gasteiger partial charge in [0.1, 0.15) is 11.5 Å². The smallest absolute Gasteiger partial charge is 0.275 e. The molecule has 0 aromatic heterocycles. The van der Waals surface area contributed by atoms with Crippen LogP contribution in [0.15, 0.2) is 41.5 Å². The van der Waals surface area contributed by atoms with Crippen LogP contribution in [-0.2, 0) is 0 Å². The molecule has 0 saturated carbocycles. The highest BCUT2D eigenvalue weighted by Crippen LogP contribution is 2.24. The molecule has 0 spiro atoms. The van der Waals surface area contributed by atoms with Crippen molar-refractivity contribution in [3.8, 4) is 11.5 Å². The fourth-order valence-electron chi connectivity index (χ4n) is 1.97. The van der Waals surface area contributed by atoms with E-state index >= 15 is 0 Å². The predicted octanol–water partition coefficient (Wildman–Crippen LogP) is 3.43. The average molecular weight is 333 g/mol. The molecule has 0 aliphatic rings. The number of methoxy groups -OCH3 is 2. The largest absolute Gasteiger partial charge is 0.496 e. The van der Waals surface area contributed by atoms with Gasteiger partial charge in [-0.1, -0.05) is 17.7 Å². The predicted molar refractivity (Wildman–Crippen MR) is 90.8 cm³/mol. The highest BCUT2D eigenvalue weighted by Gasteiger charge is 2.11. The van der Waals surface area contributed by atoms with E-state index in [2.05, 4.69) is 10.5 Å². The van der Waals surface area contributed by atoms with E-state index in [1.165, 1.54) is 13.3 Å². The Morgan fingerprint density at radius 2 is 1.87 bits per heavy atom. The molecule has 2 aromatic rings. The van der Waals surface area contributed by atoms with E-state index in [-0.39, 0.29) is 5.91 Å². The number of ether oxygens (including phenoxy) is 2. The van der Waals surface area contributed by atoms with Crippen LogP contribution in [0.4, 0.5) is 0 Å². The van der Waals surface area contributed by atoms with E-state index in [0.29, 0.717) is 22.1 Å². The zero-order chi connectivity index (χ0) is 16.8. The molecule has 120 valence electrons. The van der Waals surface area contributed by atoms with E-state index in [1.54, 1.807) is 37.4 Å². The molecule has 0 fully saturated rings. The Bertz CT molecular complexity index is 745. The Hall–Kier alpha value is -2.53. The van der Waals surface area contributed by atoms with Crippen molar-refractivity contribution in [1.82, 2.24) is 5.43 Å². The van der Waals surface area contributed by atoms with Gasteiger partial charge in [0.05, 0.1) is 31.0 Å². The molecule has 0 aliphatic heterocycles. The Labute approximate surface area is 139 Å². The fraction of sp³-hybridized carbons (Fsp3) is 0.176. The number of hydrazone groups is 1. The summed E-state index contributed by atoms with van der Waals surface area (Å²) in [5, 5.41) is 4.41. The maximum absolute atomic E-state index is 12.1. The van der Waals surface area contributed by atoms with Gasteiger partial charge in [-0.15, -0.1) is 0 Å². The van der Waals surface area contributed by atoms with Crippen LogP contribution >= 0.6 is 11.6 Å². The number of benzene rings is 2. The molecule has 6 heteroatoms. The number of nitrogens with one attached hydrogen (secondary N) is 1. The molecule has 23 heavy (non-hydrogen) atoms. The molecule has 0 radical (unpaired) electrons. The molecule has 1 amide bonds. The molecule has 0 aliphatic carbocycles. The minimum absolute atomic E-state index is 0.349. The van der Waals surface area contributed by atoms with E-state index < -0.39 is 0 Å². The molecule has 2 aromatic carbocycles. The summed E-state index contributed by atoms with van der Waals surface area (Å²) in [5.74, 6) is 0.736. The van der Waals surface area contributed by atoms with Gasteiger partial charge in [-0.25, -0.2) is 5.43 Å². The lowest BCUT2D eigenvalue weighted by Crippen LogP contribution is -2.18. The first kappa shape index (κ1) is 16.8. The number of halogens is 1. The minimum atomic E-state index is -0.349. The number of amides is 1. The zero-order valence-corrected chi connectivity index (χ0v) is 13.8. The van der Waals surface area contributed by atoms with Gasteiger partial charge in [-0.05, 0) is 48.4 Å². The Kier molecular flexibility index (Phi) is 5.60. The van der Waals surface area contributed by atoms with Crippen LogP contribution in [0.2, 0.25) is 5.02 Å². The van der Waals surface area contributed by atoms with Crippen molar-refractivity contribution in [3.63, 3.8) is 0 Å². The van der Waals surface area contributed by atoms with Crippen LogP contribution < -0.4 is 14.9 Å². The van der Waals surface area contributed by atoms with Crippen LogP contribution in [0, 0.1) is 6.92 Å². The van der Waals surface area contributed by atoms with Crippen LogP contribution in [0.3, 0.4) is 0 Å². The maximum Gasteiger partial charge on any atom is 0.275 e. The van der Waals surface area contributed by atoms with E-state index in [9.17, 15) is 4.79 Å². The highest BCUT2D eigenvalue weighted by atomic mass is 35.5. The van der Waals surface area contributed by atoms with E-state index in [0.717, 1.165) is 11.1 Å². The first-order valence-corrected chi connectivity index (χ1v) is 7.24. The number of hydrogen-bond acceptors (Lipinski definition) is 4. The summed E-state index contributed by atoms with van der Waals surface area (Å²) >= 11 is 6.03. The molecule has 0 heterocycles. The van der Waals surface area contributed by atoms with Crippen molar-refractivity contribution in [1.29, 1.82) is 0 Å². The third kappa shape index (κ3) is 4.23. The number of rotatable bonds is 5.